The number of rotatable bonds is 0. The van der Waals surface area contributed by atoms with Gasteiger partial charge in [-0.15, -0.1) is 0 Å². The first-order chi connectivity index (χ1) is 11.6. The van der Waals surface area contributed by atoms with Crippen LogP contribution in [0.3, 0.4) is 0 Å². The molecule has 3 nitrogen and oxygen atoms in total. The van der Waals surface area contributed by atoms with Gasteiger partial charge in [-0.25, -0.2) is 8.78 Å². The van der Waals surface area contributed by atoms with Crippen LogP contribution < -0.4 is 0 Å². The second-order valence-electron chi connectivity index (χ2n) is 9.11. The Morgan fingerprint density at radius 1 is 1.20 bits per heavy atom. The normalized spacial score (nSPS) is 57.6. The van der Waals surface area contributed by atoms with Crippen LogP contribution in [0, 0.1) is 28.6 Å². The van der Waals surface area contributed by atoms with E-state index < -0.39 is 40.8 Å². The lowest BCUT2D eigenvalue weighted by Gasteiger charge is -2.62. The van der Waals surface area contributed by atoms with Crippen LogP contribution in [0.1, 0.15) is 40.0 Å². The number of fused-ring (bicyclic) bond motifs is 5. The van der Waals surface area contributed by atoms with E-state index in [0.717, 1.165) is 0 Å². The van der Waals surface area contributed by atoms with Crippen molar-refractivity contribution >= 4 is 5.78 Å². The average molecular weight is 352 g/mol. The molecular weight excluding hydrogens is 326 g/mol. The van der Waals surface area contributed by atoms with Gasteiger partial charge < -0.3 is 10.2 Å². The number of ketones is 1. The van der Waals surface area contributed by atoms with Gasteiger partial charge >= 0.3 is 0 Å². The Morgan fingerprint density at radius 2 is 1.88 bits per heavy atom. The van der Waals surface area contributed by atoms with Crippen molar-refractivity contribution in [2.24, 2.45) is 28.6 Å². The van der Waals surface area contributed by atoms with Crippen LogP contribution in [0.2, 0.25) is 0 Å². The summed E-state index contributed by atoms with van der Waals surface area (Å²) < 4.78 is 31.6. The number of hydrogen-bond donors (Lipinski definition) is 2. The molecule has 4 aliphatic rings. The molecule has 9 unspecified atom stereocenters. The molecule has 3 fully saturated rings. The maximum atomic E-state index is 16.6. The van der Waals surface area contributed by atoms with Gasteiger partial charge in [0.15, 0.2) is 11.5 Å². The Morgan fingerprint density at radius 3 is 2.56 bits per heavy atom. The topological polar surface area (TPSA) is 57.5 Å². The van der Waals surface area contributed by atoms with Crippen molar-refractivity contribution in [2.45, 2.75) is 64.1 Å². The van der Waals surface area contributed by atoms with Crippen LogP contribution >= 0.6 is 0 Å². The molecule has 0 aliphatic heterocycles. The molecule has 0 aromatic heterocycles. The minimum atomic E-state index is -2.04. The first-order valence-electron chi connectivity index (χ1n) is 9.20. The molecule has 0 aromatic rings. The number of alkyl halides is 2. The van der Waals surface area contributed by atoms with Gasteiger partial charge in [-0.1, -0.05) is 19.9 Å². The van der Waals surface area contributed by atoms with Gasteiger partial charge in [-0.05, 0) is 61.2 Å². The highest BCUT2D eigenvalue weighted by Gasteiger charge is 2.72. The van der Waals surface area contributed by atoms with Gasteiger partial charge in [0.1, 0.15) is 6.17 Å². The summed E-state index contributed by atoms with van der Waals surface area (Å²) in [5.74, 6) is -1.21. The van der Waals surface area contributed by atoms with E-state index in [-0.39, 0.29) is 36.0 Å². The molecule has 138 valence electrons. The lowest BCUT2D eigenvalue weighted by molar-refractivity contribution is -0.207. The van der Waals surface area contributed by atoms with Crippen LogP contribution in [-0.2, 0) is 4.79 Å². The fraction of sp³-hybridized carbons (Fsp3) is 0.750. The van der Waals surface area contributed by atoms with Gasteiger partial charge in [0.2, 0.25) is 0 Å². The SMILES string of the molecule is CC1CC2C3CC(F)C4=CC(=O)C=CC4(C)C3(F)C(O)CC2(C)C1O. The van der Waals surface area contributed by atoms with Crippen molar-refractivity contribution in [2.75, 3.05) is 0 Å². The number of hydrogen-bond acceptors (Lipinski definition) is 3. The van der Waals surface area contributed by atoms with Gasteiger partial charge in [-0.2, -0.15) is 0 Å². The van der Waals surface area contributed by atoms with Crippen LogP contribution in [0.15, 0.2) is 23.8 Å². The molecule has 4 aliphatic carbocycles. The van der Waals surface area contributed by atoms with E-state index >= 15 is 8.78 Å². The number of carbonyl (C=O) groups excluding carboxylic acids is 1. The van der Waals surface area contributed by atoms with E-state index in [1.54, 1.807) is 6.92 Å². The third-order valence-corrected chi connectivity index (χ3v) is 7.90. The van der Waals surface area contributed by atoms with Gasteiger partial charge in [0.25, 0.3) is 0 Å². The lowest BCUT2D eigenvalue weighted by atomic mass is 9.45. The van der Waals surface area contributed by atoms with Crippen molar-refractivity contribution in [3.8, 4) is 0 Å². The number of halogens is 2. The summed E-state index contributed by atoms with van der Waals surface area (Å²) in [6, 6.07) is 0. The summed E-state index contributed by atoms with van der Waals surface area (Å²) in [7, 11) is 0. The largest absolute Gasteiger partial charge is 0.392 e. The zero-order chi connectivity index (χ0) is 18.4. The molecule has 9 atom stereocenters. The van der Waals surface area contributed by atoms with Gasteiger partial charge in [0, 0.05) is 11.3 Å². The summed E-state index contributed by atoms with van der Waals surface area (Å²) in [6.07, 6.45) is 1.33. The van der Waals surface area contributed by atoms with Crippen molar-refractivity contribution in [3.05, 3.63) is 23.8 Å². The van der Waals surface area contributed by atoms with Gasteiger partial charge in [0.05, 0.1) is 12.2 Å². The molecule has 0 radical (unpaired) electrons. The fourth-order valence-corrected chi connectivity index (χ4v) is 6.55. The minimum absolute atomic E-state index is 0.00386. The molecule has 0 spiro atoms. The maximum absolute atomic E-state index is 16.6. The Balaban J connectivity index is 1.86. The summed E-state index contributed by atoms with van der Waals surface area (Å²) in [5.41, 5.74) is -3.83. The van der Waals surface area contributed by atoms with Crippen LogP contribution in [0.5, 0.6) is 0 Å². The molecule has 5 heteroatoms. The highest BCUT2D eigenvalue weighted by Crippen LogP contribution is 2.68. The second kappa shape index (κ2) is 5.01. The van der Waals surface area contributed by atoms with E-state index in [1.807, 2.05) is 13.8 Å². The Bertz CT molecular complexity index is 688. The van der Waals surface area contributed by atoms with E-state index in [1.165, 1.54) is 18.2 Å². The fourth-order valence-electron chi connectivity index (χ4n) is 6.55. The molecule has 0 amide bonds. The molecule has 0 bridgehead atoms. The molecule has 0 aromatic carbocycles. The molecule has 25 heavy (non-hydrogen) atoms. The molecule has 4 rings (SSSR count). The Kier molecular flexibility index (Phi) is 3.47. The third kappa shape index (κ3) is 1.89. The van der Waals surface area contributed by atoms with Gasteiger partial charge in [-0.3, -0.25) is 4.79 Å². The predicted molar refractivity (Wildman–Crippen MR) is 89.2 cm³/mol. The molecule has 0 heterocycles. The van der Waals surface area contributed by atoms with E-state index in [0.29, 0.717) is 6.42 Å². The smallest absolute Gasteiger partial charge is 0.178 e. The zero-order valence-electron chi connectivity index (χ0n) is 14.9. The van der Waals surface area contributed by atoms with Crippen molar-refractivity contribution in [3.63, 3.8) is 0 Å². The monoisotopic (exact) mass is 352 g/mol. The van der Waals surface area contributed by atoms with Crippen molar-refractivity contribution in [1.29, 1.82) is 0 Å². The molecule has 2 N–H and O–H groups in total. The number of carbonyl (C=O) groups is 1. The quantitative estimate of drug-likeness (QED) is 0.705. The van der Waals surface area contributed by atoms with Crippen LogP contribution in [-0.4, -0.2) is 40.0 Å². The van der Waals surface area contributed by atoms with E-state index in [9.17, 15) is 15.0 Å². The summed E-state index contributed by atoms with van der Waals surface area (Å²) >= 11 is 0. The Hall–Kier alpha value is -1.07. The minimum Gasteiger partial charge on any atom is -0.392 e. The van der Waals surface area contributed by atoms with Crippen LogP contribution in [0.25, 0.3) is 0 Å². The summed E-state index contributed by atoms with van der Waals surface area (Å²) in [6.45, 7) is 5.43. The van der Waals surface area contributed by atoms with Crippen molar-refractivity contribution in [1.82, 2.24) is 0 Å². The number of aliphatic hydroxyl groups excluding tert-OH is 2. The maximum Gasteiger partial charge on any atom is 0.178 e. The van der Waals surface area contributed by atoms with Crippen molar-refractivity contribution < 1.29 is 23.8 Å². The third-order valence-electron chi connectivity index (χ3n) is 7.90. The second-order valence-corrected chi connectivity index (χ2v) is 9.11. The lowest BCUT2D eigenvalue weighted by Crippen LogP contribution is -2.68. The van der Waals surface area contributed by atoms with E-state index in [2.05, 4.69) is 0 Å². The molecule has 3 saturated carbocycles. The number of aliphatic hydroxyl groups is 2. The van der Waals surface area contributed by atoms with Crippen LogP contribution in [0.4, 0.5) is 8.78 Å². The standard InChI is InChI=1S/C20H26F2O3/c1-10-6-12-13-8-15(21)14-7-11(23)4-5-19(14,3)20(13,22)16(24)9-18(12,2)17(10)25/h4-5,7,10,12-13,15-17,24-25H,6,8-9H2,1-3H3. The highest BCUT2D eigenvalue weighted by molar-refractivity contribution is 6.01. The summed E-state index contributed by atoms with van der Waals surface area (Å²) in [4.78, 5) is 11.7. The predicted octanol–water partition coefficient (Wildman–Crippen LogP) is 2.91. The number of allylic oxidation sites excluding steroid dienone is 4. The first-order valence-corrected chi connectivity index (χ1v) is 9.20. The molecular formula is C20H26F2O3. The Labute approximate surface area is 146 Å². The first kappa shape index (κ1) is 17.3. The molecule has 0 saturated heterocycles. The summed E-state index contributed by atoms with van der Waals surface area (Å²) in [5, 5.41) is 21.5. The van der Waals surface area contributed by atoms with E-state index in [4.69, 9.17) is 0 Å². The average Bonchev–Trinajstić information content (AvgIpc) is 2.76. The highest BCUT2D eigenvalue weighted by atomic mass is 19.1. The zero-order valence-corrected chi connectivity index (χ0v) is 14.9.